The summed E-state index contributed by atoms with van der Waals surface area (Å²) in [7, 11) is 3.09. The van der Waals surface area contributed by atoms with Gasteiger partial charge in [0.05, 0.1) is 14.2 Å². The monoisotopic (exact) mass is 610 g/mol. The summed E-state index contributed by atoms with van der Waals surface area (Å²) in [6, 6.07) is 27.9. The molecule has 4 rings (SSSR count). The summed E-state index contributed by atoms with van der Waals surface area (Å²) in [5.74, 6) is -0.0579. The smallest absolute Gasteiger partial charge is 0.272 e. The highest BCUT2D eigenvalue weighted by atomic mass is 79.9. The number of carbonyl (C=O) groups excluding carboxylic acids is 3. The van der Waals surface area contributed by atoms with Crippen LogP contribution in [0.1, 0.15) is 31.8 Å². The number of nitrogens with one attached hydrogen (secondary N) is 2. The highest BCUT2D eigenvalue weighted by Gasteiger charge is 2.16. The van der Waals surface area contributed by atoms with Gasteiger partial charge in [-0.2, -0.15) is 0 Å². The van der Waals surface area contributed by atoms with E-state index in [2.05, 4.69) is 26.6 Å². The molecular formula is C33H27BrN2O5. The number of rotatable bonds is 10. The molecule has 206 valence electrons. The molecule has 2 N–H and O–H groups in total. The molecule has 7 nitrogen and oxygen atoms in total. The van der Waals surface area contributed by atoms with Gasteiger partial charge in [0.15, 0.2) is 17.3 Å². The van der Waals surface area contributed by atoms with Gasteiger partial charge >= 0.3 is 0 Å². The van der Waals surface area contributed by atoms with Crippen LogP contribution in [0, 0.1) is 0 Å². The molecule has 41 heavy (non-hydrogen) atoms. The Morgan fingerprint density at radius 3 is 2.20 bits per heavy atom. The third-order valence-corrected chi connectivity index (χ3v) is 6.46. The van der Waals surface area contributed by atoms with E-state index in [1.165, 1.54) is 13.2 Å². The van der Waals surface area contributed by atoms with Crippen LogP contribution >= 0.6 is 15.9 Å². The van der Waals surface area contributed by atoms with Gasteiger partial charge in [-0.25, -0.2) is 0 Å². The number of benzene rings is 4. The van der Waals surface area contributed by atoms with Crippen molar-refractivity contribution in [2.24, 2.45) is 0 Å². The summed E-state index contributed by atoms with van der Waals surface area (Å²) < 4.78 is 11.5. The lowest BCUT2D eigenvalue weighted by Gasteiger charge is -2.12. The molecule has 0 radical (unpaired) electrons. The lowest BCUT2D eigenvalue weighted by molar-refractivity contribution is -0.113. The van der Waals surface area contributed by atoms with Crippen molar-refractivity contribution in [1.29, 1.82) is 0 Å². The average molecular weight is 611 g/mol. The van der Waals surface area contributed by atoms with Crippen LogP contribution in [0.25, 0.3) is 12.2 Å². The predicted octanol–water partition coefficient (Wildman–Crippen LogP) is 6.77. The summed E-state index contributed by atoms with van der Waals surface area (Å²) >= 11 is 3.43. The first-order valence-electron chi connectivity index (χ1n) is 12.6. The second-order valence-electron chi connectivity index (χ2n) is 8.74. The minimum atomic E-state index is -0.515. The highest BCUT2D eigenvalue weighted by Crippen LogP contribution is 2.31. The number of hydrogen-bond donors (Lipinski definition) is 2. The second-order valence-corrected chi connectivity index (χ2v) is 9.66. The van der Waals surface area contributed by atoms with Crippen molar-refractivity contribution in [3.8, 4) is 11.5 Å². The number of ether oxygens (including phenoxy) is 2. The van der Waals surface area contributed by atoms with E-state index < -0.39 is 11.8 Å². The average Bonchev–Trinajstić information content (AvgIpc) is 3.00. The molecule has 0 aromatic heterocycles. The molecule has 0 bridgehead atoms. The normalized spacial score (nSPS) is 11.1. The Morgan fingerprint density at radius 1 is 0.780 bits per heavy atom. The summed E-state index contributed by atoms with van der Waals surface area (Å²) in [5, 5.41) is 5.51. The van der Waals surface area contributed by atoms with Gasteiger partial charge in [0.25, 0.3) is 11.8 Å². The van der Waals surface area contributed by atoms with Crippen LogP contribution in [-0.4, -0.2) is 31.8 Å². The number of hydrogen-bond acceptors (Lipinski definition) is 5. The molecule has 0 saturated heterocycles. The molecule has 0 aliphatic carbocycles. The predicted molar refractivity (Wildman–Crippen MR) is 164 cm³/mol. The molecule has 0 spiro atoms. The summed E-state index contributed by atoms with van der Waals surface area (Å²) in [6.07, 6.45) is 4.70. The van der Waals surface area contributed by atoms with Gasteiger partial charge in [-0.15, -0.1) is 0 Å². The molecule has 0 saturated carbocycles. The van der Waals surface area contributed by atoms with Crippen molar-refractivity contribution >= 4 is 51.4 Å². The van der Waals surface area contributed by atoms with Crippen LogP contribution in [0.2, 0.25) is 0 Å². The Kier molecular flexibility index (Phi) is 9.85. The molecule has 0 fully saturated rings. The number of carbonyl (C=O) groups is 3. The standard InChI is InChI=1S/C33H27BrN2O5/c1-40-30-13-7-11-24(31(30)41-2)16-19-29(37)23-14-17-27(18-15-23)35-33(39)28(21-22-8-6-12-26(34)20-22)36-32(38)25-9-4-3-5-10-25/h3-21H,1-2H3,(H,35,39)(H,36,38)/b19-16+,28-21-. The van der Waals surface area contributed by atoms with Gasteiger partial charge in [-0.3, -0.25) is 14.4 Å². The van der Waals surface area contributed by atoms with Gasteiger partial charge < -0.3 is 20.1 Å². The van der Waals surface area contributed by atoms with Crippen molar-refractivity contribution in [2.75, 3.05) is 19.5 Å². The first-order valence-corrected chi connectivity index (χ1v) is 13.4. The van der Waals surface area contributed by atoms with Crippen molar-refractivity contribution in [1.82, 2.24) is 5.32 Å². The summed E-state index contributed by atoms with van der Waals surface area (Å²) in [6.45, 7) is 0. The van der Waals surface area contributed by atoms with Crippen LogP contribution in [0.5, 0.6) is 11.5 Å². The Hall–Kier alpha value is -4.95. The number of para-hydroxylation sites is 1. The van der Waals surface area contributed by atoms with E-state index in [1.807, 2.05) is 42.5 Å². The molecule has 4 aromatic carbocycles. The highest BCUT2D eigenvalue weighted by molar-refractivity contribution is 9.10. The van der Waals surface area contributed by atoms with Gasteiger partial charge in [0, 0.05) is 26.9 Å². The largest absolute Gasteiger partial charge is 0.493 e. The Bertz CT molecular complexity index is 1610. The fraction of sp³-hybridized carbons (Fsp3) is 0.0606. The SMILES string of the molecule is COc1cccc(/C=C/C(=O)c2ccc(NC(=O)/C(=C/c3cccc(Br)c3)NC(=O)c3ccccc3)cc2)c1OC. The van der Waals surface area contributed by atoms with Crippen LogP contribution in [-0.2, 0) is 4.79 Å². The molecule has 4 aromatic rings. The number of ketones is 1. The van der Waals surface area contributed by atoms with Crippen LogP contribution in [0.15, 0.2) is 113 Å². The third-order valence-electron chi connectivity index (χ3n) is 5.96. The van der Waals surface area contributed by atoms with Crippen LogP contribution < -0.4 is 20.1 Å². The minimum Gasteiger partial charge on any atom is -0.493 e. The fourth-order valence-corrected chi connectivity index (χ4v) is 4.34. The van der Waals surface area contributed by atoms with E-state index in [0.29, 0.717) is 33.9 Å². The van der Waals surface area contributed by atoms with Crippen LogP contribution in [0.4, 0.5) is 5.69 Å². The number of methoxy groups -OCH3 is 2. The van der Waals surface area contributed by atoms with E-state index in [4.69, 9.17) is 9.47 Å². The molecule has 8 heteroatoms. The quantitative estimate of drug-likeness (QED) is 0.153. The molecule has 0 atom stereocenters. The maximum absolute atomic E-state index is 13.3. The third kappa shape index (κ3) is 7.80. The van der Waals surface area contributed by atoms with Crippen molar-refractivity contribution in [3.63, 3.8) is 0 Å². The van der Waals surface area contributed by atoms with Crippen LogP contribution in [0.3, 0.4) is 0 Å². The number of amides is 2. The number of anilines is 1. The number of allylic oxidation sites excluding steroid dienone is 1. The molecule has 0 aliphatic rings. The first-order chi connectivity index (χ1) is 19.9. The van der Waals surface area contributed by atoms with E-state index in [9.17, 15) is 14.4 Å². The second kappa shape index (κ2) is 13.9. The molecule has 0 heterocycles. The Labute approximate surface area is 246 Å². The van der Waals surface area contributed by atoms with E-state index in [0.717, 1.165) is 10.0 Å². The van der Waals surface area contributed by atoms with Gasteiger partial charge in [0.1, 0.15) is 5.70 Å². The molecule has 0 aliphatic heterocycles. The zero-order chi connectivity index (χ0) is 29.2. The van der Waals surface area contributed by atoms with Gasteiger partial charge in [-0.05, 0) is 78.4 Å². The Morgan fingerprint density at radius 2 is 1.51 bits per heavy atom. The summed E-state index contributed by atoms with van der Waals surface area (Å²) in [5.41, 5.74) is 2.79. The van der Waals surface area contributed by atoms with Crippen molar-refractivity contribution in [3.05, 3.63) is 136 Å². The van der Waals surface area contributed by atoms with E-state index in [1.54, 1.807) is 73.9 Å². The number of halogens is 1. The summed E-state index contributed by atoms with van der Waals surface area (Å²) in [4.78, 5) is 38.9. The van der Waals surface area contributed by atoms with Gasteiger partial charge in [-0.1, -0.05) is 58.4 Å². The van der Waals surface area contributed by atoms with E-state index >= 15 is 0 Å². The van der Waals surface area contributed by atoms with Gasteiger partial charge in [0.2, 0.25) is 0 Å². The van der Waals surface area contributed by atoms with E-state index in [-0.39, 0.29) is 11.5 Å². The zero-order valence-electron chi connectivity index (χ0n) is 22.4. The molecule has 0 unspecified atom stereocenters. The first kappa shape index (κ1) is 29.0. The zero-order valence-corrected chi connectivity index (χ0v) is 24.0. The maximum Gasteiger partial charge on any atom is 0.272 e. The van der Waals surface area contributed by atoms with Crippen molar-refractivity contribution in [2.45, 2.75) is 0 Å². The molecule has 2 amide bonds. The topological polar surface area (TPSA) is 93.7 Å². The fourth-order valence-electron chi connectivity index (χ4n) is 3.93. The Balaban J connectivity index is 1.50. The minimum absolute atomic E-state index is 0.0623. The lowest BCUT2D eigenvalue weighted by atomic mass is 10.1. The molecular weight excluding hydrogens is 584 g/mol. The van der Waals surface area contributed by atoms with Crippen molar-refractivity contribution < 1.29 is 23.9 Å². The lowest BCUT2D eigenvalue weighted by Crippen LogP contribution is -2.30. The maximum atomic E-state index is 13.3.